The highest BCUT2D eigenvalue weighted by Crippen LogP contribution is 2.45. The van der Waals surface area contributed by atoms with Gasteiger partial charge in [-0.25, -0.2) is 0 Å². The topological polar surface area (TPSA) is 12.0 Å². The minimum absolute atomic E-state index is 1.03. The summed E-state index contributed by atoms with van der Waals surface area (Å²) in [6.45, 7) is 1.27. The van der Waals surface area contributed by atoms with Crippen molar-refractivity contribution in [3.63, 3.8) is 0 Å². The van der Waals surface area contributed by atoms with Gasteiger partial charge in [-0.15, -0.1) is 0 Å². The van der Waals surface area contributed by atoms with Crippen LogP contribution in [0.25, 0.3) is 0 Å². The largest absolute Gasteiger partial charge is 0.319 e. The zero-order valence-electron chi connectivity index (χ0n) is 8.18. The van der Waals surface area contributed by atoms with Crippen LogP contribution in [0.3, 0.4) is 0 Å². The maximum atomic E-state index is 3.37. The summed E-state index contributed by atoms with van der Waals surface area (Å²) in [7, 11) is 2.10. The van der Waals surface area contributed by atoms with Crippen LogP contribution in [0.4, 0.5) is 0 Å². The summed E-state index contributed by atoms with van der Waals surface area (Å²) in [5.74, 6) is 3.20. The second-order valence-corrected chi connectivity index (χ2v) is 4.60. The van der Waals surface area contributed by atoms with Gasteiger partial charge in [0.2, 0.25) is 0 Å². The van der Waals surface area contributed by atoms with Crippen molar-refractivity contribution >= 4 is 0 Å². The molecule has 2 rings (SSSR count). The van der Waals surface area contributed by atoms with Gasteiger partial charge < -0.3 is 5.32 Å². The summed E-state index contributed by atoms with van der Waals surface area (Å²) < 4.78 is 0. The summed E-state index contributed by atoms with van der Waals surface area (Å²) in [5, 5.41) is 3.37. The Bertz CT molecular complexity index is 134. The van der Waals surface area contributed by atoms with Crippen molar-refractivity contribution in [1.29, 1.82) is 0 Å². The molecule has 1 N–H and O–H groups in total. The molecule has 1 unspecified atom stereocenters. The third kappa shape index (κ3) is 1.82. The lowest BCUT2D eigenvalue weighted by Gasteiger charge is -2.22. The molecule has 0 aromatic heterocycles. The molecule has 2 aliphatic rings. The molecule has 0 radical (unpaired) electrons. The van der Waals surface area contributed by atoms with E-state index in [0.29, 0.717) is 0 Å². The Morgan fingerprint density at radius 1 is 1.08 bits per heavy atom. The Morgan fingerprint density at radius 2 is 1.67 bits per heavy atom. The third-order valence-corrected chi connectivity index (χ3v) is 3.67. The minimum atomic E-state index is 1.03. The SMILES string of the molecule is CNCC(C1CCCC1)C1CC1. The Hall–Kier alpha value is -0.0400. The van der Waals surface area contributed by atoms with E-state index in [2.05, 4.69) is 12.4 Å². The molecule has 70 valence electrons. The van der Waals surface area contributed by atoms with E-state index in [1.807, 2.05) is 0 Å². The van der Waals surface area contributed by atoms with Gasteiger partial charge in [-0.1, -0.05) is 25.7 Å². The number of hydrogen-bond donors (Lipinski definition) is 1. The summed E-state index contributed by atoms with van der Waals surface area (Å²) >= 11 is 0. The summed E-state index contributed by atoms with van der Waals surface area (Å²) in [6, 6.07) is 0. The summed E-state index contributed by atoms with van der Waals surface area (Å²) in [5.41, 5.74) is 0. The molecule has 0 heterocycles. The van der Waals surface area contributed by atoms with E-state index in [1.165, 1.54) is 45.1 Å². The normalized spacial score (nSPS) is 27.8. The number of hydrogen-bond acceptors (Lipinski definition) is 1. The molecule has 1 atom stereocenters. The zero-order valence-corrected chi connectivity index (χ0v) is 8.18. The van der Waals surface area contributed by atoms with Crippen LogP contribution in [0.5, 0.6) is 0 Å². The van der Waals surface area contributed by atoms with Crippen molar-refractivity contribution in [2.24, 2.45) is 17.8 Å². The van der Waals surface area contributed by atoms with Crippen molar-refractivity contribution < 1.29 is 0 Å². The molecule has 2 fully saturated rings. The monoisotopic (exact) mass is 167 g/mol. The Morgan fingerprint density at radius 3 is 2.17 bits per heavy atom. The van der Waals surface area contributed by atoms with Gasteiger partial charge in [-0.2, -0.15) is 0 Å². The highest BCUT2D eigenvalue weighted by atomic mass is 14.8. The standard InChI is InChI=1S/C11H21N/c1-12-8-11(10-6-7-10)9-4-2-3-5-9/h9-12H,2-8H2,1H3. The molecular weight excluding hydrogens is 146 g/mol. The van der Waals surface area contributed by atoms with E-state index in [0.717, 1.165) is 17.8 Å². The van der Waals surface area contributed by atoms with Crippen molar-refractivity contribution in [2.45, 2.75) is 38.5 Å². The molecule has 12 heavy (non-hydrogen) atoms. The van der Waals surface area contributed by atoms with E-state index in [1.54, 1.807) is 0 Å². The van der Waals surface area contributed by atoms with Gasteiger partial charge in [0, 0.05) is 0 Å². The Labute approximate surface area is 75.9 Å². The van der Waals surface area contributed by atoms with Gasteiger partial charge in [0.25, 0.3) is 0 Å². The van der Waals surface area contributed by atoms with Crippen LogP contribution in [0.2, 0.25) is 0 Å². The zero-order chi connectivity index (χ0) is 8.39. The van der Waals surface area contributed by atoms with Gasteiger partial charge in [-0.05, 0) is 44.2 Å². The van der Waals surface area contributed by atoms with E-state index >= 15 is 0 Å². The predicted molar refractivity (Wildman–Crippen MR) is 52.1 cm³/mol. The second kappa shape index (κ2) is 3.78. The highest BCUT2D eigenvalue weighted by molar-refractivity contribution is 4.88. The van der Waals surface area contributed by atoms with Gasteiger partial charge in [0.15, 0.2) is 0 Å². The minimum Gasteiger partial charge on any atom is -0.319 e. The van der Waals surface area contributed by atoms with Crippen LogP contribution in [-0.2, 0) is 0 Å². The summed E-state index contributed by atoms with van der Waals surface area (Å²) in [4.78, 5) is 0. The van der Waals surface area contributed by atoms with Gasteiger partial charge >= 0.3 is 0 Å². The molecule has 0 aliphatic heterocycles. The van der Waals surface area contributed by atoms with Crippen molar-refractivity contribution in [2.75, 3.05) is 13.6 Å². The fraction of sp³-hybridized carbons (Fsp3) is 1.00. The first-order chi connectivity index (χ1) is 5.92. The van der Waals surface area contributed by atoms with Crippen LogP contribution in [-0.4, -0.2) is 13.6 Å². The fourth-order valence-corrected chi connectivity index (χ4v) is 2.86. The van der Waals surface area contributed by atoms with Crippen molar-refractivity contribution in [1.82, 2.24) is 5.32 Å². The molecule has 2 aliphatic carbocycles. The first-order valence-electron chi connectivity index (χ1n) is 5.56. The fourth-order valence-electron chi connectivity index (χ4n) is 2.86. The quantitative estimate of drug-likeness (QED) is 0.678. The maximum Gasteiger partial charge on any atom is -0.00182 e. The lowest BCUT2D eigenvalue weighted by Crippen LogP contribution is -2.26. The molecule has 1 heteroatoms. The number of rotatable bonds is 4. The van der Waals surface area contributed by atoms with Crippen LogP contribution < -0.4 is 5.32 Å². The first-order valence-corrected chi connectivity index (χ1v) is 5.56. The molecule has 0 bridgehead atoms. The second-order valence-electron chi connectivity index (χ2n) is 4.60. The van der Waals surface area contributed by atoms with Crippen molar-refractivity contribution in [3.8, 4) is 0 Å². The van der Waals surface area contributed by atoms with Gasteiger partial charge in [0.1, 0.15) is 0 Å². The highest BCUT2D eigenvalue weighted by Gasteiger charge is 2.36. The molecule has 0 aromatic rings. The number of nitrogens with one attached hydrogen (secondary N) is 1. The van der Waals surface area contributed by atoms with Gasteiger partial charge in [0.05, 0.1) is 0 Å². The van der Waals surface area contributed by atoms with Crippen LogP contribution in [0, 0.1) is 17.8 Å². The van der Waals surface area contributed by atoms with Crippen LogP contribution >= 0.6 is 0 Å². The van der Waals surface area contributed by atoms with Gasteiger partial charge in [-0.3, -0.25) is 0 Å². The molecule has 1 nitrogen and oxygen atoms in total. The third-order valence-electron chi connectivity index (χ3n) is 3.67. The molecule has 2 saturated carbocycles. The Balaban J connectivity index is 1.85. The van der Waals surface area contributed by atoms with E-state index < -0.39 is 0 Å². The maximum absolute atomic E-state index is 3.37. The Kier molecular flexibility index (Phi) is 2.69. The predicted octanol–water partition coefficient (Wildman–Crippen LogP) is 2.42. The lowest BCUT2D eigenvalue weighted by molar-refractivity contribution is 0.294. The molecule has 0 amide bonds. The molecular formula is C11H21N. The molecule has 0 saturated heterocycles. The lowest BCUT2D eigenvalue weighted by atomic mass is 9.87. The molecule has 0 spiro atoms. The smallest absolute Gasteiger partial charge is 0.00182 e. The van der Waals surface area contributed by atoms with Crippen LogP contribution in [0.1, 0.15) is 38.5 Å². The van der Waals surface area contributed by atoms with E-state index in [9.17, 15) is 0 Å². The first kappa shape index (κ1) is 8.55. The molecule has 0 aromatic carbocycles. The average Bonchev–Trinajstić information content (AvgIpc) is 2.77. The average molecular weight is 167 g/mol. The van der Waals surface area contributed by atoms with E-state index in [4.69, 9.17) is 0 Å². The van der Waals surface area contributed by atoms with E-state index in [-0.39, 0.29) is 0 Å². The summed E-state index contributed by atoms with van der Waals surface area (Å²) in [6.07, 6.45) is 9.06. The van der Waals surface area contributed by atoms with Crippen LogP contribution in [0.15, 0.2) is 0 Å². The van der Waals surface area contributed by atoms with Crippen molar-refractivity contribution in [3.05, 3.63) is 0 Å².